The molecule has 2 amide bonds. The lowest BCUT2D eigenvalue weighted by atomic mass is 9.74. The molecular weight excluding hydrogens is 439 g/mol. The molecule has 0 saturated heterocycles. The first-order chi connectivity index (χ1) is 16.4. The van der Waals surface area contributed by atoms with E-state index >= 15 is 0 Å². The zero-order valence-electron chi connectivity index (χ0n) is 18.7. The molecule has 10 heteroatoms. The average Bonchev–Trinajstić information content (AvgIpc) is 3.45. The fourth-order valence-electron chi connectivity index (χ4n) is 4.87. The Hall–Kier alpha value is -3.82. The monoisotopic (exact) mass is 464 g/mol. The lowest BCUT2D eigenvalue weighted by Crippen LogP contribution is -2.38. The van der Waals surface area contributed by atoms with Crippen LogP contribution in [0.1, 0.15) is 52.2 Å². The van der Waals surface area contributed by atoms with Crippen LogP contribution in [0.15, 0.2) is 30.5 Å². The summed E-state index contributed by atoms with van der Waals surface area (Å²) in [6, 6.07) is 6.24. The number of halogens is 1. The molecule has 3 heterocycles. The minimum absolute atomic E-state index is 0.0250. The topological polar surface area (TPSA) is 122 Å². The maximum atomic E-state index is 15.0. The van der Waals surface area contributed by atoms with Gasteiger partial charge in [0.2, 0.25) is 5.91 Å². The molecule has 3 aromatic rings. The van der Waals surface area contributed by atoms with Crippen molar-refractivity contribution in [1.29, 1.82) is 0 Å². The third-order valence-electron chi connectivity index (χ3n) is 6.60. The molecule has 0 spiro atoms. The lowest BCUT2D eigenvalue weighted by Gasteiger charge is -2.29. The number of amides is 2. The Morgan fingerprint density at radius 3 is 2.71 bits per heavy atom. The van der Waals surface area contributed by atoms with Crippen LogP contribution in [0.2, 0.25) is 0 Å². The molecule has 2 atom stereocenters. The van der Waals surface area contributed by atoms with Gasteiger partial charge >= 0.3 is 0 Å². The van der Waals surface area contributed by atoms with Gasteiger partial charge in [0.15, 0.2) is 5.78 Å². The summed E-state index contributed by atoms with van der Waals surface area (Å²) in [6.45, 7) is 2.85. The summed E-state index contributed by atoms with van der Waals surface area (Å²) in [4.78, 5) is 38.8. The average molecular weight is 465 g/mol. The normalized spacial score (nSPS) is 19.9. The van der Waals surface area contributed by atoms with E-state index in [4.69, 9.17) is 0 Å². The zero-order chi connectivity index (χ0) is 23.8. The van der Waals surface area contributed by atoms with Gasteiger partial charge in [0.1, 0.15) is 11.5 Å². The molecule has 5 rings (SSSR count). The van der Waals surface area contributed by atoms with E-state index in [9.17, 15) is 18.8 Å². The molecule has 3 N–H and O–H groups in total. The van der Waals surface area contributed by atoms with E-state index < -0.39 is 17.7 Å². The van der Waals surface area contributed by atoms with Gasteiger partial charge in [-0.15, -0.1) is 0 Å². The SMILES string of the molecule is Cc1cc(-c2ccc(C(=O)C3CCCCC3C(=O)Nc3cnn4c3C(=O)NCC4)c(F)c2)n[nH]1. The largest absolute Gasteiger partial charge is 0.349 e. The molecule has 1 aliphatic carbocycles. The number of rotatable bonds is 5. The van der Waals surface area contributed by atoms with Gasteiger partial charge in [-0.05, 0) is 38.0 Å². The molecule has 2 aromatic heterocycles. The molecule has 9 nitrogen and oxygen atoms in total. The molecule has 2 unspecified atom stereocenters. The van der Waals surface area contributed by atoms with Crippen molar-refractivity contribution in [2.24, 2.45) is 11.8 Å². The smallest absolute Gasteiger partial charge is 0.271 e. The van der Waals surface area contributed by atoms with Crippen LogP contribution in [0.5, 0.6) is 0 Å². The van der Waals surface area contributed by atoms with Gasteiger partial charge in [0.05, 0.1) is 29.7 Å². The maximum absolute atomic E-state index is 15.0. The number of carbonyl (C=O) groups excluding carboxylic acids is 3. The Kier molecular flexibility index (Phi) is 5.72. The molecule has 176 valence electrons. The van der Waals surface area contributed by atoms with Crippen molar-refractivity contribution >= 4 is 23.3 Å². The van der Waals surface area contributed by atoms with Gasteiger partial charge in [-0.2, -0.15) is 10.2 Å². The number of H-pyrrole nitrogens is 1. The van der Waals surface area contributed by atoms with Gasteiger partial charge in [-0.1, -0.05) is 18.9 Å². The van der Waals surface area contributed by atoms with Gasteiger partial charge < -0.3 is 10.6 Å². The van der Waals surface area contributed by atoms with E-state index in [-0.39, 0.29) is 23.2 Å². The van der Waals surface area contributed by atoms with Gasteiger partial charge in [-0.3, -0.25) is 24.2 Å². The molecular formula is C24H25FN6O3. The van der Waals surface area contributed by atoms with Crippen molar-refractivity contribution in [3.63, 3.8) is 0 Å². The predicted octanol–water partition coefficient (Wildman–Crippen LogP) is 3.09. The Balaban J connectivity index is 1.36. The van der Waals surface area contributed by atoms with Gasteiger partial charge in [0, 0.05) is 29.6 Å². The summed E-state index contributed by atoms with van der Waals surface area (Å²) in [5, 5.41) is 16.7. The van der Waals surface area contributed by atoms with Gasteiger partial charge in [0.25, 0.3) is 5.91 Å². The molecule has 0 bridgehead atoms. The third kappa shape index (κ3) is 4.00. The summed E-state index contributed by atoms with van der Waals surface area (Å²) < 4.78 is 16.5. The number of anilines is 1. The van der Waals surface area contributed by atoms with E-state index in [0.29, 0.717) is 48.6 Å². The number of nitrogens with one attached hydrogen (secondary N) is 3. The van der Waals surface area contributed by atoms with Crippen LogP contribution >= 0.6 is 0 Å². The van der Waals surface area contributed by atoms with Crippen molar-refractivity contribution in [3.8, 4) is 11.3 Å². The number of hydrogen-bond donors (Lipinski definition) is 3. The number of Topliss-reactive ketones (excluding diaryl/α,β-unsaturated/α-hetero) is 1. The first-order valence-electron chi connectivity index (χ1n) is 11.4. The van der Waals surface area contributed by atoms with Crippen LogP contribution in [-0.2, 0) is 11.3 Å². The highest BCUT2D eigenvalue weighted by molar-refractivity contribution is 6.06. The van der Waals surface area contributed by atoms with E-state index in [1.54, 1.807) is 16.8 Å². The highest BCUT2D eigenvalue weighted by Gasteiger charge is 2.38. The zero-order valence-corrected chi connectivity index (χ0v) is 18.7. The van der Waals surface area contributed by atoms with Crippen molar-refractivity contribution in [1.82, 2.24) is 25.3 Å². The second-order valence-corrected chi connectivity index (χ2v) is 8.87. The summed E-state index contributed by atoms with van der Waals surface area (Å²) >= 11 is 0. The third-order valence-corrected chi connectivity index (χ3v) is 6.60. The second-order valence-electron chi connectivity index (χ2n) is 8.87. The van der Waals surface area contributed by atoms with Crippen molar-refractivity contribution in [2.75, 3.05) is 11.9 Å². The number of aromatic amines is 1. The summed E-state index contributed by atoms with van der Waals surface area (Å²) in [6.07, 6.45) is 4.06. The molecule has 1 aliphatic heterocycles. The number of ketones is 1. The Bertz CT molecular complexity index is 1280. The fraction of sp³-hybridized carbons (Fsp3) is 0.375. The van der Waals surface area contributed by atoms with Crippen molar-refractivity contribution in [3.05, 3.63) is 53.2 Å². The summed E-state index contributed by atoms with van der Waals surface area (Å²) in [5.74, 6) is -2.91. The van der Waals surface area contributed by atoms with Crippen LogP contribution in [0.4, 0.5) is 10.1 Å². The highest BCUT2D eigenvalue weighted by Crippen LogP contribution is 2.35. The van der Waals surface area contributed by atoms with Crippen LogP contribution in [0.3, 0.4) is 0 Å². The van der Waals surface area contributed by atoms with E-state index in [2.05, 4.69) is 25.9 Å². The molecule has 1 fully saturated rings. The molecule has 2 aliphatic rings. The van der Waals surface area contributed by atoms with Crippen LogP contribution in [0, 0.1) is 24.6 Å². The Labute approximate surface area is 195 Å². The van der Waals surface area contributed by atoms with Crippen molar-refractivity contribution < 1.29 is 18.8 Å². The maximum Gasteiger partial charge on any atom is 0.271 e. The van der Waals surface area contributed by atoms with E-state index in [1.165, 1.54) is 18.3 Å². The molecule has 34 heavy (non-hydrogen) atoms. The number of nitrogens with zero attached hydrogens (tertiary/aromatic N) is 3. The second kappa shape index (κ2) is 8.85. The molecule has 0 radical (unpaired) electrons. The summed E-state index contributed by atoms with van der Waals surface area (Å²) in [5.41, 5.74) is 2.61. The number of fused-ring (bicyclic) bond motifs is 1. The Morgan fingerprint density at radius 1 is 1.18 bits per heavy atom. The van der Waals surface area contributed by atoms with E-state index in [1.807, 2.05) is 6.92 Å². The lowest BCUT2D eigenvalue weighted by molar-refractivity contribution is -0.122. The number of carbonyl (C=O) groups is 3. The number of hydrogen-bond acceptors (Lipinski definition) is 5. The quantitative estimate of drug-likeness (QED) is 0.501. The van der Waals surface area contributed by atoms with Crippen LogP contribution in [0.25, 0.3) is 11.3 Å². The molecule has 1 aromatic carbocycles. The van der Waals surface area contributed by atoms with E-state index in [0.717, 1.165) is 18.5 Å². The Morgan fingerprint density at radius 2 is 1.97 bits per heavy atom. The predicted molar refractivity (Wildman–Crippen MR) is 122 cm³/mol. The molecule has 1 saturated carbocycles. The fourth-order valence-corrected chi connectivity index (χ4v) is 4.87. The highest BCUT2D eigenvalue weighted by atomic mass is 19.1. The first-order valence-corrected chi connectivity index (χ1v) is 11.4. The minimum Gasteiger partial charge on any atom is -0.349 e. The standard InChI is InChI=1S/C24H25FN6O3/c1-13-10-19(30-29-13)14-6-7-17(18(25)11-14)22(32)15-4-2-3-5-16(15)23(33)28-20-12-27-31-9-8-26-24(34)21(20)31/h6-7,10-12,15-16H,2-5,8-9H2,1H3,(H,26,34)(H,28,33)(H,29,30). The van der Waals surface area contributed by atoms with Crippen LogP contribution in [-0.4, -0.2) is 44.1 Å². The van der Waals surface area contributed by atoms with Crippen LogP contribution < -0.4 is 10.6 Å². The summed E-state index contributed by atoms with van der Waals surface area (Å²) in [7, 11) is 0. The first kappa shape index (κ1) is 22.0. The number of aromatic nitrogens is 4. The van der Waals surface area contributed by atoms with Crippen molar-refractivity contribution in [2.45, 2.75) is 39.2 Å². The number of aryl methyl sites for hydroxylation is 1. The minimum atomic E-state index is -0.637. The number of benzene rings is 1. The van der Waals surface area contributed by atoms with Gasteiger partial charge in [-0.25, -0.2) is 4.39 Å².